The van der Waals surface area contributed by atoms with Crippen molar-refractivity contribution in [2.45, 2.75) is 37.5 Å². The van der Waals surface area contributed by atoms with Crippen LogP contribution in [0, 0.1) is 23.7 Å². The average molecular weight is 663 g/mol. The maximum absolute atomic E-state index is 12.0. The zero-order valence-electron chi connectivity index (χ0n) is 27.2. The molecule has 8 nitrogen and oxygen atoms in total. The number of carbonyl (C=O) groups excluding carboxylic acids is 4. The fourth-order valence-corrected chi connectivity index (χ4v) is 9.23. The van der Waals surface area contributed by atoms with Gasteiger partial charge in [0.05, 0.1) is 11.4 Å². The molecular weight excluding hydrogens is 628 g/mol. The van der Waals surface area contributed by atoms with Gasteiger partial charge in [-0.3, -0.25) is 19.2 Å². The molecule has 8 heteroatoms. The van der Waals surface area contributed by atoms with Crippen LogP contribution in [-0.4, -0.2) is 23.6 Å². The first-order chi connectivity index (χ1) is 24.4. The summed E-state index contributed by atoms with van der Waals surface area (Å²) >= 11 is 0. The Bertz CT molecular complexity index is 2030. The van der Waals surface area contributed by atoms with Crippen molar-refractivity contribution >= 4 is 35.0 Å². The maximum atomic E-state index is 12.0. The molecule has 4 aromatic rings. The van der Waals surface area contributed by atoms with Crippen LogP contribution in [0.5, 0.6) is 23.0 Å². The van der Waals surface area contributed by atoms with Crippen LogP contribution in [0.1, 0.15) is 48.6 Å². The Morgan fingerprint density at radius 3 is 1.28 bits per heavy atom. The summed E-state index contributed by atoms with van der Waals surface area (Å²) in [5.41, 5.74) is 3.82. The molecule has 0 radical (unpaired) electrons. The van der Waals surface area contributed by atoms with Crippen molar-refractivity contribution in [2.75, 3.05) is 9.80 Å². The molecule has 0 spiro atoms. The molecular formula is C42H34N2O6. The van der Waals surface area contributed by atoms with E-state index in [1.54, 1.807) is 48.5 Å². The number of benzene rings is 4. The molecule has 0 saturated heterocycles. The Morgan fingerprint density at radius 2 is 0.820 bits per heavy atom. The van der Waals surface area contributed by atoms with Gasteiger partial charge in [0.15, 0.2) is 0 Å². The number of fused-ring (bicyclic) bond motifs is 5. The second-order valence-corrected chi connectivity index (χ2v) is 14.0. The fourth-order valence-electron chi connectivity index (χ4n) is 9.23. The van der Waals surface area contributed by atoms with E-state index in [-0.39, 0.29) is 23.6 Å². The van der Waals surface area contributed by atoms with E-state index in [4.69, 9.17) is 9.47 Å². The lowest BCUT2D eigenvalue weighted by Crippen LogP contribution is -2.29. The summed E-state index contributed by atoms with van der Waals surface area (Å²) in [5.74, 6) is 5.66. The highest BCUT2D eigenvalue weighted by molar-refractivity contribution is 6.28. The number of nitrogens with zero attached hydrogens (tertiary/aromatic N) is 2. The van der Waals surface area contributed by atoms with Crippen molar-refractivity contribution in [3.05, 3.63) is 132 Å². The predicted octanol–water partition coefficient (Wildman–Crippen LogP) is 8.06. The molecule has 2 bridgehead atoms. The highest BCUT2D eigenvalue weighted by Gasteiger charge is 2.56. The van der Waals surface area contributed by atoms with E-state index in [1.807, 2.05) is 24.3 Å². The molecule has 3 aliphatic carbocycles. The van der Waals surface area contributed by atoms with Gasteiger partial charge in [0.2, 0.25) is 0 Å². The van der Waals surface area contributed by atoms with Gasteiger partial charge in [-0.15, -0.1) is 0 Å². The third-order valence-electron chi connectivity index (χ3n) is 11.4. The van der Waals surface area contributed by atoms with Crippen molar-refractivity contribution in [1.82, 2.24) is 0 Å². The molecule has 5 aliphatic rings. The van der Waals surface area contributed by atoms with E-state index in [1.165, 1.54) is 61.1 Å². The Kier molecular flexibility index (Phi) is 7.26. The van der Waals surface area contributed by atoms with Crippen LogP contribution >= 0.6 is 0 Å². The first-order valence-corrected chi connectivity index (χ1v) is 17.3. The summed E-state index contributed by atoms with van der Waals surface area (Å²) in [7, 11) is 0. The minimum atomic E-state index is -0.337. The normalized spacial score (nSPS) is 26.4. The van der Waals surface area contributed by atoms with Crippen LogP contribution in [0.4, 0.5) is 11.4 Å². The summed E-state index contributed by atoms with van der Waals surface area (Å²) in [6.45, 7) is 0. The molecule has 3 saturated carbocycles. The van der Waals surface area contributed by atoms with Crippen molar-refractivity contribution < 1.29 is 28.7 Å². The topological polar surface area (TPSA) is 93.2 Å². The Morgan fingerprint density at radius 1 is 0.420 bits per heavy atom. The average Bonchev–Trinajstić information content (AvgIpc) is 3.96. The standard InChI is InChI=1S/C42H34N2O6/c45-39-17-18-40(46)43(39)29-5-13-33(14-6-29)49-31-9-1-25(2-10-31)27-21-36-28-23-35(38(24-28)37(36)22-27)26-3-11-32(12-4-26)50-34-15-7-30(8-16-34)44-41(47)19-20-42(44)48/h1-20,27-28,35-38H,21-24H2. The minimum Gasteiger partial charge on any atom is -0.457 e. The number of amides is 4. The van der Waals surface area contributed by atoms with Gasteiger partial charge in [-0.2, -0.15) is 0 Å². The third kappa shape index (κ3) is 5.32. The lowest BCUT2D eigenvalue weighted by Gasteiger charge is -2.31. The van der Waals surface area contributed by atoms with E-state index in [9.17, 15) is 19.2 Å². The Labute approximate surface area is 289 Å². The maximum Gasteiger partial charge on any atom is 0.258 e. The molecule has 4 amide bonds. The van der Waals surface area contributed by atoms with Crippen LogP contribution in [0.3, 0.4) is 0 Å². The summed E-state index contributed by atoms with van der Waals surface area (Å²) in [4.78, 5) is 50.2. The zero-order chi connectivity index (χ0) is 33.9. The number of carbonyl (C=O) groups is 4. The van der Waals surface area contributed by atoms with E-state index < -0.39 is 0 Å². The molecule has 4 aromatic carbocycles. The highest BCUT2D eigenvalue weighted by atomic mass is 16.5. The lowest BCUT2D eigenvalue weighted by atomic mass is 9.73. The molecule has 9 rings (SSSR count). The van der Waals surface area contributed by atoms with Gasteiger partial charge >= 0.3 is 0 Å². The van der Waals surface area contributed by atoms with Crippen molar-refractivity contribution in [2.24, 2.45) is 23.7 Å². The van der Waals surface area contributed by atoms with Gasteiger partial charge in [0.1, 0.15) is 23.0 Å². The smallest absolute Gasteiger partial charge is 0.258 e. The molecule has 3 fully saturated rings. The second-order valence-electron chi connectivity index (χ2n) is 14.0. The first kappa shape index (κ1) is 30.3. The van der Waals surface area contributed by atoms with Crippen molar-refractivity contribution in [3.8, 4) is 23.0 Å². The van der Waals surface area contributed by atoms with Gasteiger partial charge in [0.25, 0.3) is 23.6 Å². The van der Waals surface area contributed by atoms with Crippen LogP contribution in [0.25, 0.3) is 0 Å². The summed E-state index contributed by atoms with van der Waals surface area (Å²) in [6.07, 6.45) is 10.2. The first-order valence-electron chi connectivity index (χ1n) is 17.3. The SMILES string of the molecule is O=C1C=CC(=O)N1c1ccc(Oc2ccc(C3CC4C5CC(c6ccc(Oc7ccc(N8C(=O)C=CC8=O)cc7)cc6)C(C5)C4C3)cc2)cc1. The predicted molar refractivity (Wildman–Crippen MR) is 187 cm³/mol. The minimum absolute atomic E-state index is 0.336. The van der Waals surface area contributed by atoms with Gasteiger partial charge in [-0.25, -0.2) is 9.80 Å². The fraction of sp³-hybridized carbons (Fsp3) is 0.238. The quantitative estimate of drug-likeness (QED) is 0.177. The monoisotopic (exact) mass is 662 g/mol. The number of hydrogen-bond donors (Lipinski definition) is 0. The van der Waals surface area contributed by atoms with Gasteiger partial charge in [-0.1, -0.05) is 24.3 Å². The summed E-state index contributed by atoms with van der Waals surface area (Å²) in [5, 5.41) is 0. The Hall–Kier alpha value is -5.76. The molecule has 0 aromatic heterocycles. The number of ether oxygens (including phenoxy) is 2. The van der Waals surface area contributed by atoms with Crippen LogP contribution in [-0.2, 0) is 19.2 Å². The van der Waals surface area contributed by atoms with Gasteiger partial charge < -0.3 is 9.47 Å². The molecule has 6 unspecified atom stereocenters. The molecule has 0 N–H and O–H groups in total. The number of anilines is 2. The van der Waals surface area contributed by atoms with Crippen LogP contribution in [0.15, 0.2) is 121 Å². The van der Waals surface area contributed by atoms with Gasteiger partial charge in [-0.05, 0) is 145 Å². The van der Waals surface area contributed by atoms with E-state index >= 15 is 0 Å². The summed E-state index contributed by atoms with van der Waals surface area (Å²) in [6, 6.07) is 31.0. The molecule has 6 atom stereocenters. The zero-order valence-corrected chi connectivity index (χ0v) is 27.2. The number of rotatable bonds is 8. The summed E-state index contributed by atoms with van der Waals surface area (Å²) < 4.78 is 12.2. The number of hydrogen-bond acceptors (Lipinski definition) is 6. The largest absolute Gasteiger partial charge is 0.457 e. The molecule has 50 heavy (non-hydrogen) atoms. The lowest BCUT2D eigenvalue weighted by molar-refractivity contribution is -0.121. The van der Waals surface area contributed by atoms with E-state index in [0.29, 0.717) is 40.6 Å². The highest BCUT2D eigenvalue weighted by Crippen LogP contribution is 2.66. The van der Waals surface area contributed by atoms with Crippen molar-refractivity contribution in [3.63, 3.8) is 0 Å². The van der Waals surface area contributed by atoms with E-state index in [0.717, 1.165) is 39.1 Å². The molecule has 248 valence electrons. The number of imide groups is 2. The second kappa shape index (κ2) is 12.0. The van der Waals surface area contributed by atoms with Crippen molar-refractivity contribution in [1.29, 1.82) is 0 Å². The van der Waals surface area contributed by atoms with Crippen LogP contribution < -0.4 is 19.3 Å². The third-order valence-corrected chi connectivity index (χ3v) is 11.4. The van der Waals surface area contributed by atoms with Crippen LogP contribution in [0.2, 0.25) is 0 Å². The van der Waals surface area contributed by atoms with E-state index in [2.05, 4.69) is 24.3 Å². The Balaban J connectivity index is 0.804. The van der Waals surface area contributed by atoms with Gasteiger partial charge in [0, 0.05) is 24.3 Å². The molecule has 2 aliphatic heterocycles. The molecule has 2 heterocycles.